The van der Waals surface area contributed by atoms with Crippen LogP contribution in [0.5, 0.6) is 0 Å². The highest BCUT2D eigenvalue weighted by Crippen LogP contribution is 2.32. The lowest BCUT2D eigenvalue weighted by molar-refractivity contribution is -0.138. The molecule has 5 heteroatoms. The molecule has 118 valence electrons. The molecule has 2 nitrogen and oxygen atoms in total. The smallest absolute Gasteiger partial charge is 0.317 e. The fraction of sp³-hybridized carbons (Fsp3) is 0.625. The van der Waals surface area contributed by atoms with Gasteiger partial charge in [0.1, 0.15) is 0 Å². The number of rotatable bonds is 5. The number of nitrogens with one attached hydrogen (secondary N) is 1. The average molecular weight is 300 g/mol. The molecule has 1 fully saturated rings. The van der Waals surface area contributed by atoms with Crippen LogP contribution in [0.15, 0.2) is 24.3 Å². The lowest BCUT2D eigenvalue weighted by atomic mass is 9.96. The van der Waals surface area contributed by atoms with Crippen molar-refractivity contribution >= 4 is 0 Å². The van der Waals surface area contributed by atoms with Crippen molar-refractivity contribution in [3.8, 4) is 0 Å². The molecular formula is C16H23F3N2. The van der Waals surface area contributed by atoms with Crippen LogP contribution in [0.2, 0.25) is 0 Å². The van der Waals surface area contributed by atoms with Crippen molar-refractivity contribution < 1.29 is 13.2 Å². The predicted octanol–water partition coefficient (Wildman–Crippen LogP) is 3.53. The number of likely N-dealkylation sites (tertiary alicyclic amines) is 1. The molecule has 1 aromatic rings. The van der Waals surface area contributed by atoms with Crippen LogP contribution in [0.25, 0.3) is 0 Å². The molecule has 0 atom stereocenters. The van der Waals surface area contributed by atoms with Crippen LogP contribution in [-0.4, -0.2) is 31.1 Å². The van der Waals surface area contributed by atoms with E-state index in [9.17, 15) is 13.2 Å². The molecule has 1 aliphatic rings. The van der Waals surface area contributed by atoms with Crippen LogP contribution in [0.4, 0.5) is 13.2 Å². The first kappa shape index (κ1) is 16.3. The van der Waals surface area contributed by atoms with Crippen LogP contribution in [-0.2, 0) is 12.7 Å². The van der Waals surface area contributed by atoms with E-state index in [1.807, 2.05) is 0 Å². The summed E-state index contributed by atoms with van der Waals surface area (Å²) in [6.07, 6.45) is -2.15. The standard InChI is InChI=1S/C16H23F3N2/c1-2-20-11-13-7-9-21(10-8-13)12-14-5-3-4-6-15(14)16(17,18)19/h3-6,13,20H,2,7-12H2,1H3. The molecule has 0 saturated carbocycles. The van der Waals surface area contributed by atoms with Gasteiger partial charge < -0.3 is 5.32 Å². The Morgan fingerprint density at radius 1 is 1.19 bits per heavy atom. The first-order valence-electron chi connectivity index (χ1n) is 7.59. The molecule has 0 unspecified atom stereocenters. The molecule has 1 aromatic carbocycles. The van der Waals surface area contributed by atoms with E-state index in [2.05, 4.69) is 17.1 Å². The van der Waals surface area contributed by atoms with Crippen molar-refractivity contribution in [3.63, 3.8) is 0 Å². The van der Waals surface area contributed by atoms with Crippen LogP contribution in [0.1, 0.15) is 30.9 Å². The minimum atomic E-state index is -4.26. The highest BCUT2D eigenvalue weighted by molar-refractivity contribution is 5.29. The molecule has 2 rings (SSSR count). The third kappa shape index (κ3) is 4.71. The Labute approximate surface area is 124 Å². The molecule has 0 bridgehead atoms. The topological polar surface area (TPSA) is 15.3 Å². The summed E-state index contributed by atoms with van der Waals surface area (Å²) in [5.74, 6) is 0.652. The van der Waals surface area contributed by atoms with E-state index in [1.54, 1.807) is 12.1 Å². The maximum absolute atomic E-state index is 13.0. The predicted molar refractivity (Wildman–Crippen MR) is 78.0 cm³/mol. The van der Waals surface area contributed by atoms with Crippen molar-refractivity contribution in [3.05, 3.63) is 35.4 Å². The van der Waals surface area contributed by atoms with E-state index in [0.717, 1.165) is 39.0 Å². The van der Waals surface area contributed by atoms with Crippen molar-refractivity contribution in [1.29, 1.82) is 0 Å². The second-order valence-electron chi connectivity index (χ2n) is 5.68. The summed E-state index contributed by atoms with van der Waals surface area (Å²) in [4.78, 5) is 2.13. The molecule has 0 amide bonds. The zero-order valence-corrected chi connectivity index (χ0v) is 12.4. The summed E-state index contributed by atoms with van der Waals surface area (Å²) >= 11 is 0. The van der Waals surface area contributed by atoms with Crippen molar-refractivity contribution in [2.75, 3.05) is 26.2 Å². The molecule has 1 saturated heterocycles. The quantitative estimate of drug-likeness (QED) is 0.895. The highest BCUT2D eigenvalue weighted by Gasteiger charge is 2.33. The second-order valence-corrected chi connectivity index (χ2v) is 5.68. The van der Waals surface area contributed by atoms with Gasteiger partial charge in [0.15, 0.2) is 0 Å². The molecular weight excluding hydrogens is 277 g/mol. The van der Waals surface area contributed by atoms with Gasteiger partial charge in [-0.15, -0.1) is 0 Å². The average Bonchev–Trinajstić information content (AvgIpc) is 2.46. The summed E-state index contributed by atoms with van der Waals surface area (Å²) in [5.41, 5.74) is -0.116. The minimum Gasteiger partial charge on any atom is -0.317 e. The first-order chi connectivity index (χ1) is 10.0. The first-order valence-corrected chi connectivity index (χ1v) is 7.59. The van der Waals surface area contributed by atoms with Gasteiger partial charge in [-0.25, -0.2) is 0 Å². The molecule has 0 radical (unpaired) electrons. The van der Waals surface area contributed by atoms with Gasteiger partial charge in [-0.1, -0.05) is 25.1 Å². The Balaban J connectivity index is 1.92. The van der Waals surface area contributed by atoms with Crippen molar-refractivity contribution in [2.24, 2.45) is 5.92 Å². The summed E-state index contributed by atoms with van der Waals surface area (Å²) in [7, 11) is 0. The number of hydrogen-bond acceptors (Lipinski definition) is 2. The van der Waals surface area contributed by atoms with Crippen molar-refractivity contribution in [1.82, 2.24) is 10.2 Å². The van der Waals surface area contributed by atoms with Crippen LogP contribution < -0.4 is 5.32 Å². The van der Waals surface area contributed by atoms with Gasteiger partial charge in [0.05, 0.1) is 5.56 Å². The van der Waals surface area contributed by atoms with Crippen LogP contribution in [0.3, 0.4) is 0 Å². The van der Waals surface area contributed by atoms with Gasteiger partial charge in [-0.2, -0.15) is 13.2 Å². The third-order valence-corrected chi connectivity index (χ3v) is 4.11. The lowest BCUT2D eigenvalue weighted by Gasteiger charge is -2.32. The zero-order valence-electron chi connectivity index (χ0n) is 12.4. The number of nitrogens with zero attached hydrogens (tertiary/aromatic N) is 1. The monoisotopic (exact) mass is 300 g/mol. The maximum atomic E-state index is 13.0. The molecule has 1 aliphatic heterocycles. The molecule has 1 N–H and O–H groups in total. The van der Waals surface area contributed by atoms with Gasteiger partial charge in [0.2, 0.25) is 0 Å². The maximum Gasteiger partial charge on any atom is 0.416 e. The number of alkyl halides is 3. The summed E-state index contributed by atoms with van der Waals surface area (Å²) in [6, 6.07) is 5.90. The van der Waals surface area contributed by atoms with Gasteiger partial charge in [-0.3, -0.25) is 4.90 Å². The van der Waals surface area contributed by atoms with E-state index >= 15 is 0 Å². The number of benzene rings is 1. The van der Waals surface area contributed by atoms with E-state index in [-0.39, 0.29) is 0 Å². The van der Waals surface area contributed by atoms with E-state index in [4.69, 9.17) is 0 Å². The number of piperidine rings is 1. The SMILES string of the molecule is CCNCC1CCN(Cc2ccccc2C(F)(F)F)CC1. The zero-order chi connectivity index (χ0) is 15.3. The normalized spacial score (nSPS) is 18.1. The minimum absolute atomic E-state index is 0.384. The van der Waals surface area contributed by atoms with Crippen LogP contribution >= 0.6 is 0 Å². The third-order valence-electron chi connectivity index (χ3n) is 4.11. The molecule has 0 spiro atoms. The Morgan fingerprint density at radius 2 is 1.86 bits per heavy atom. The number of hydrogen-bond donors (Lipinski definition) is 1. The van der Waals surface area contributed by atoms with Crippen molar-refractivity contribution in [2.45, 2.75) is 32.5 Å². The van der Waals surface area contributed by atoms with Gasteiger partial charge in [-0.05, 0) is 56.6 Å². The van der Waals surface area contributed by atoms with Gasteiger partial charge >= 0.3 is 6.18 Å². The Hall–Kier alpha value is -1.07. The number of halogens is 3. The second kappa shape index (κ2) is 7.27. The van der Waals surface area contributed by atoms with Gasteiger partial charge in [0, 0.05) is 6.54 Å². The van der Waals surface area contributed by atoms with E-state index < -0.39 is 11.7 Å². The van der Waals surface area contributed by atoms with E-state index in [0.29, 0.717) is 18.0 Å². The lowest BCUT2D eigenvalue weighted by Crippen LogP contribution is -2.37. The largest absolute Gasteiger partial charge is 0.416 e. The molecule has 0 aromatic heterocycles. The summed E-state index contributed by atoms with van der Waals surface area (Å²) in [6.45, 7) is 6.22. The molecule has 21 heavy (non-hydrogen) atoms. The van der Waals surface area contributed by atoms with E-state index in [1.165, 1.54) is 12.1 Å². The van der Waals surface area contributed by atoms with Crippen LogP contribution in [0, 0.1) is 5.92 Å². The Kier molecular flexibility index (Phi) is 5.65. The Morgan fingerprint density at radius 3 is 2.48 bits per heavy atom. The summed E-state index contributed by atoms with van der Waals surface area (Å²) in [5, 5.41) is 3.34. The molecule has 0 aliphatic carbocycles. The summed E-state index contributed by atoms with van der Waals surface area (Å²) < 4.78 is 38.9. The highest BCUT2D eigenvalue weighted by atomic mass is 19.4. The fourth-order valence-electron chi connectivity index (χ4n) is 2.87. The molecule has 1 heterocycles. The fourth-order valence-corrected chi connectivity index (χ4v) is 2.87. The van der Waals surface area contributed by atoms with Gasteiger partial charge in [0.25, 0.3) is 0 Å². The Bertz CT molecular complexity index is 437.